The van der Waals surface area contributed by atoms with Crippen LogP contribution in [0, 0.1) is 11.3 Å². The first-order chi connectivity index (χ1) is 14.1. The average molecular weight is 386 g/mol. The smallest absolute Gasteiger partial charge is 0.268 e. The van der Waals surface area contributed by atoms with E-state index in [1.54, 1.807) is 47.4 Å². The van der Waals surface area contributed by atoms with Crippen molar-refractivity contribution < 1.29 is 18.7 Å². The quantitative estimate of drug-likeness (QED) is 0.617. The maximum atomic E-state index is 13.0. The van der Waals surface area contributed by atoms with Crippen LogP contribution < -0.4 is 9.64 Å². The SMILES string of the molecule is CC[C@@H]1Oc2ccc(C(=O)c3ccco3)cc2N(Cc2ccccc2C#N)C1=O. The van der Waals surface area contributed by atoms with Gasteiger partial charge in [-0.15, -0.1) is 0 Å². The molecule has 1 amide bonds. The summed E-state index contributed by atoms with van der Waals surface area (Å²) in [6.07, 6.45) is 1.35. The van der Waals surface area contributed by atoms with Gasteiger partial charge in [-0.2, -0.15) is 5.26 Å². The van der Waals surface area contributed by atoms with Crippen molar-refractivity contribution in [3.63, 3.8) is 0 Å². The molecule has 1 atom stereocenters. The van der Waals surface area contributed by atoms with E-state index in [-0.39, 0.29) is 24.0 Å². The van der Waals surface area contributed by atoms with Gasteiger partial charge >= 0.3 is 0 Å². The van der Waals surface area contributed by atoms with Crippen molar-refractivity contribution in [2.24, 2.45) is 0 Å². The average Bonchev–Trinajstić information content (AvgIpc) is 3.30. The molecular formula is C23H18N2O4. The zero-order valence-electron chi connectivity index (χ0n) is 15.8. The molecule has 0 spiro atoms. The van der Waals surface area contributed by atoms with Gasteiger partial charge in [-0.05, 0) is 48.4 Å². The molecule has 0 aliphatic carbocycles. The van der Waals surface area contributed by atoms with Crippen LogP contribution in [-0.4, -0.2) is 17.8 Å². The minimum Gasteiger partial charge on any atom is -0.478 e. The zero-order valence-corrected chi connectivity index (χ0v) is 15.8. The Kier molecular flexibility index (Phi) is 4.88. The lowest BCUT2D eigenvalue weighted by Crippen LogP contribution is -2.45. The Hall–Kier alpha value is -3.85. The van der Waals surface area contributed by atoms with Gasteiger partial charge in [-0.25, -0.2) is 0 Å². The van der Waals surface area contributed by atoms with E-state index in [1.807, 2.05) is 19.1 Å². The van der Waals surface area contributed by atoms with Gasteiger partial charge in [0.25, 0.3) is 5.91 Å². The van der Waals surface area contributed by atoms with Crippen LogP contribution in [-0.2, 0) is 11.3 Å². The molecule has 1 aliphatic heterocycles. The molecule has 0 radical (unpaired) electrons. The number of carbonyl (C=O) groups excluding carboxylic acids is 2. The molecule has 0 saturated heterocycles. The molecule has 0 N–H and O–H groups in total. The van der Waals surface area contributed by atoms with Gasteiger partial charge in [-0.3, -0.25) is 9.59 Å². The summed E-state index contributed by atoms with van der Waals surface area (Å²) in [4.78, 5) is 27.3. The summed E-state index contributed by atoms with van der Waals surface area (Å²) >= 11 is 0. The molecule has 4 rings (SSSR count). The summed E-state index contributed by atoms with van der Waals surface area (Å²) in [5.41, 5.74) is 2.13. The summed E-state index contributed by atoms with van der Waals surface area (Å²) in [5, 5.41) is 9.40. The fraction of sp³-hybridized carbons (Fsp3) is 0.174. The van der Waals surface area contributed by atoms with Crippen LogP contribution in [0.2, 0.25) is 0 Å². The minimum absolute atomic E-state index is 0.199. The van der Waals surface area contributed by atoms with Crippen LogP contribution in [0.5, 0.6) is 5.75 Å². The number of hydrogen-bond acceptors (Lipinski definition) is 5. The molecule has 1 aromatic heterocycles. The van der Waals surface area contributed by atoms with Crippen molar-refractivity contribution in [3.8, 4) is 11.8 Å². The van der Waals surface area contributed by atoms with Crippen molar-refractivity contribution in [2.75, 3.05) is 4.90 Å². The van der Waals surface area contributed by atoms with E-state index in [9.17, 15) is 14.9 Å². The molecule has 0 bridgehead atoms. The lowest BCUT2D eigenvalue weighted by Gasteiger charge is -2.34. The van der Waals surface area contributed by atoms with E-state index in [1.165, 1.54) is 6.26 Å². The first kappa shape index (κ1) is 18.5. The molecule has 2 heterocycles. The predicted octanol–water partition coefficient (Wildman–Crippen LogP) is 4.09. The molecule has 29 heavy (non-hydrogen) atoms. The first-order valence-corrected chi connectivity index (χ1v) is 9.30. The number of nitrogens with zero attached hydrogens (tertiary/aromatic N) is 2. The van der Waals surface area contributed by atoms with E-state index in [4.69, 9.17) is 9.15 Å². The van der Waals surface area contributed by atoms with Gasteiger partial charge in [0, 0.05) is 5.56 Å². The Morgan fingerprint density at radius 1 is 1.17 bits per heavy atom. The van der Waals surface area contributed by atoms with Gasteiger partial charge in [0.05, 0.1) is 30.1 Å². The largest absolute Gasteiger partial charge is 0.478 e. The van der Waals surface area contributed by atoms with Crippen molar-refractivity contribution in [3.05, 3.63) is 83.3 Å². The van der Waals surface area contributed by atoms with E-state index >= 15 is 0 Å². The Balaban J connectivity index is 1.77. The van der Waals surface area contributed by atoms with Crippen molar-refractivity contribution in [1.82, 2.24) is 0 Å². The van der Waals surface area contributed by atoms with Gasteiger partial charge < -0.3 is 14.1 Å². The molecule has 2 aromatic carbocycles. The van der Waals surface area contributed by atoms with Crippen LogP contribution in [0.3, 0.4) is 0 Å². The number of ketones is 1. The highest BCUT2D eigenvalue weighted by molar-refractivity contribution is 6.09. The van der Waals surface area contributed by atoms with E-state index < -0.39 is 6.10 Å². The number of benzene rings is 2. The van der Waals surface area contributed by atoms with Crippen LogP contribution in [0.15, 0.2) is 65.3 Å². The zero-order chi connectivity index (χ0) is 20.4. The Morgan fingerprint density at radius 3 is 2.72 bits per heavy atom. The summed E-state index contributed by atoms with van der Waals surface area (Å²) in [6, 6.07) is 17.6. The third kappa shape index (κ3) is 3.39. The maximum Gasteiger partial charge on any atom is 0.268 e. The Morgan fingerprint density at radius 2 is 2.00 bits per heavy atom. The van der Waals surface area contributed by atoms with Crippen molar-refractivity contribution in [2.45, 2.75) is 26.0 Å². The summed E-state index contributed by atoms with van der Waals surface area (Å²) in [7, 11) is 0. The molecule has 6 nitrogen and oxygen atoms in total. The van der Waals surface area contributed by atoms with E-state index in [0.717, 1.165) is 5.56 Å². The highest BCUT2D eigenvalue weighted by Crippen LogP contribution is 2.37. The first-order valence-electron chi connectivity index (χ1n) is 9.30. The summed E-state index contributed by atoms with van der Waals surface area (Å²) in [6.45, 7) is 2.09. The molecule has 144 valence electrons. The highest BCUT2D eigenvalue weighted by Gasteiger charge is 2.34. The number of amides is 1. The molecular weight excluding hydrogens is 368 g/mol. The third-order valence-corrected chi connectivity index (χ3v) is 4.90. The second-order valence-electron chi connectivity index (χ2n) is 6.70. The van der Waals surface area contributed by atoms with Gasteiger partial charge in [-0.1, -0.05) is 25.1 Å². The fourth-order valence-electron chi connectivity index (χ4n) is 3.37. The van der Waals surface area contributed by atoms with Crippen molar-refractivity contribution in [1.29, 1.82) is 5.26 Å². The monoisotopic (exact) mass is 386 g/mol. The topological polar surface area (TPSA) is 83.5 Å². The normalized spacial score (nSPS) is 15.4. The third-order valence-electron chi connectivity index (χ3n) is 4.90. The Labute approximate surface area is 167 Å². The van der Waals surface area contributed by atoms with Crippen molar-refractivity contribution >= 4 is 17.4 Å². The lowest BCUT2D eigenvalue weighted by molar-refractivity contribution is -0.126. The number of furan rings is 1. The standard InChI is InChI=1S/C23H18N2O4/c1-2-19-23(27)25(14-17-7-4-3-6-16(17)13-24)18-12-15(9-10-20(18)29-19)22(26)21-8-5-11-28-21/h3-12,19H,2,14H2,1H3/t19-/m0/s1. The number of rotatable bonds is 5. The maximum absolute atomic E-state index is 13.0. The van der Waals surface area contributed by atoms with Gasteiger partial charge in [0.2, 0.25) is 5.78 Å². The highest BCUT2D eigenvalue weighted by atomic mass is 16.5. The second kappa shape index (κ2) is 7.64. The number of anilines is 1. The van der Waals surface area contributed by atoms with Gasteiger partial charge in [0.15, 0.2) is 11.9 Å². The Bertz CT molecular complexity index is 1110. The molecule has 0 unspecified atom stereocenters. The predicted molar refractivity (Wildman–Crippen MR) is 106 cm³/mol. The second-order valence-corrected chi connectivity index (χ2v) is 6.70. The van der Waals surface area contributed by atoms with E-state index in [2.05, 4.69) is 6.07 Å². The number of ether oxygens (including phenoxy) is 1. The van der Waals surface area contributed by atoms with Gasteiger partial charge in [0.1, 0.15) is 5.75 Å². The fourth-order valence-corrected chi connectivity index (χ4v) is 3.37. The van der Waals surface area contributed by atoms with E-state index in [0.29, 0.717) is 29.0 Å². The molecule has 1 aliphatic rings. The molecule has 3 aromatic rings. The summed E-state index contributed by atoms with van der Waals surface area (Å²) < 4.78 is 11.1. The number of hydrogen-bond donors (Lipinski definition) is 0. The van der Waals surface area contributed by atoms with Crippen LogP contribution in [0.1, 0.15) is 40.6 Å². The minimum atomic E-state index is -0.608. The van der Waals surface area contributed by atoms with Crippen LogP contribution in [0.25, 0.3) is 0 Å². The van der Waals surface area contributed by atoms with Crippen LogP contribution in [0.4, 0.5) is 5.69 Å². The summed E-state index contributed by atoms with van der Waals surface area (Å²) in [5.74, 6) is 0.276. The number of carbonyl (C=O) groups is 2. The lowest BCUT2D eigenvalue weighted by atomic mass is 10.0. The number of nitriles is 1. The molecule has 6 heteroatoms. The molecule has 0 saturated carbocycles. The number of fused-ring (bicyclic) bond motifs is 1. The van der Waals surface area contributed by atoms with Crippen LogP contribution >= 0.6 is 0 Å². The molecule has 0 fully saturated rings.